The maximum absolute atomic E-state index is 12.8. The molecule has 0 saturated carbocycles. The average molecular weight is 383 g/mol. The molecule has 138 valence electrons. The Morgan fingerprint density at radius 1 is 1.07 bits per heavy atom. The molecule has 0 aliphatic heterocycles. The van der Waals surface area contributed by atoms with E-state index in [0.717, 1.165) is 11.1 Å². The van der Waals surface area contributed by atoms with Crippen LogP contribution < -0.4 is 10.6 Å². The third kappa shape index (κ3) is 4.99. The van der Waals surface area contributed by atoms with Crippen LogP contribution in [0.15, 0.2) is 71.3 Å². The molecule has 0 spiro atoms. The summed E-state index contributed by atoms with van der Waals surface area (Å²) < 4.78 is 5.11. The van der Waals surface area contributed by atoms with Crippen LogP contribution in [0, 0.1) is 6.92 Å². The Morgan fingerprint density at radius 3 is 2.52 bits per heavy atom. The van der Waals surface area contributed by atoms with Crippen LogP contribution in [-0.2, 0) is 11.2 Å². The van der Waals surface area contributed by atoms with Crippen molar-refractivity contribution in [2.45, 2.75) is 19.4 Å². The zero-order valence-electron chi connectivity index (χ0n) is 14.7. The highest BCUT2D eigenvalue weighted by atomic mass is 35.5. The smallest absolute Gasteiger partial charge is 0.287 e. The van der Waals surface area contributed by atoms with Gasteiger partial charge in [-0.25, -0.2) is 0 Å². The summed E-state index contributed by atoms with van der Waals surface area (Å²) in [6.07, 6.45) is 1.76. The largest absolute Gasteiger partial charge is 0.459 e. The fourth-order valence-electron chi connectivity index (χ4n) is 2.60. The lowest BCUT2D eigenvalue weighted by Crippen LogP contribution is -2.45. The second kappa shape index (κ2) is 8.56. The first-order valence-electron chi connectivity index (χ1n) is 8.48. The van der Waals surface area contributed by atoms with E-state index in [1.54, 1.807) is 24.3 Å². The number of hydrogen-bond donors (Lipinski definition) is 2. The van der Waals surface area contributed by atoms with E-state index in [1.807, 2.05) is 43.3 Å². The molecular formula is C21H19ClN2O3. The van der Waals surface area contributed by atoms with Crippen molar-refractivity contribution in [1.82, 2.24) is 5.32 Å². The lowest BCUT2D eigenvalue weighted by molar-refractivity contribution is -0.118. The summed E-state index contributed by atoms with van der Waals surface area (Å²) in [6.45, 7) is 1.88. The molecule has 0 bridgehead atoms. The van der Waals surface area contributed by atoms with E-state index in [1.165, 1.54) is 6.26 Å². The molecule has 5 nitrogen and oxygen atoms in total. The van der Waals surface area contributed by atoms with Crippen LogP contribution in [-0.4, -0.2) is 17.9 Å². The van der Waals surface area contributed by atoms with Gasteiger partial charge in [0.15, 0.2) is 5.76 Å². The predicted molar refractivity (Wildman–Crippen MR) is 105 cm³/mol. The van der Waals surface area contributed by atoms with Crippen molar-refractivity contribution in [3.8, 4) is 0 Å². The van der Waals surface area contributed by atoms with Gasteiger partial charge in [0.1, 0.15) is 6.04 Å². The third-order valence-corrected chi connectivity index (χ3v) is 4.50. The summed E-state index contributed by atoms with van der Waals surface area (Å²) in [4.78, 5) is 25.2. The fraction of sp³-hybridized carbons (Fsp3) is 0.143. The Labute approximate surface area is 162 Å². The number of benzene rings is 2. The Bertz CT molecular complexity index is 924. The molecule has 2 aromatic carbocycles. The standard InChI is InChI=1S/C21H19ClN2O3/c1-14-9-10-16(13-17(14)22)23-20(25)18(12-15-6-3-2-4-7-15)24-21(26)19-8-5-11-27-19/h2-11,13,18H,12H2,1H3,(H,23,25)(H,24,26). The highest BCUT2D eigenvalue weighted by Crippen LogP contribution is 2.20. The van der Waals surface area contributed by atoms with E-state index in [2.05, 4.69) is 10.6 Å². The van der Waals surface area contributed by atoms with E-state index >= 15 is 0 Å². The minimum absolute atomic E-state index is 0.152. The van der Waals surface area contributed by atoms with E-state index in [9.17, 15) is 9.59 Å². The zero-order valence-corrected chi connectivity index (χ0v) is 15.5. The van der Waals surface area contributed by atoms with E-state index < -0.39 is 11.9 Å². The molecule has 3 aromatic rings. The van der Waals surface area contributed by atoms with Crippen molar-refractivity contribution >= 4 is 29.1 Å². The number of nitrogens with one attached hydrogen (secondary N) is 2. The van der Waals surface area contributed by atoms with Crippen molar-refractivity contribution in [3.63, 3.8) is 0 Å². The highest BCUT2D eigenvalue weighted by Gasteiger charge is 2.23. The van der Waals surface area contributed by atoms with Gasteiger partial charge in [-0.3, -0.25) is 9.59 Å². The van der Waals surface area contributed by atoms with Crippen molar-refractivity contribution in [3.05, 3.63) is 88.8 Å². The number of aryl methyl sites for hydroxylation is 1. The molecule has 0 fully saturated rings. The maximum atomic E-state index is 12.8. The molecule has 0 aliphatic carbocycles. The van der Waals surface area contributed by atoms with Gasteiger partial charge in [-0.1, -0.05) is 48.0 Å². The molecule has 6 heteroatoms. The topological polar surface area (TPSA) is 71.3 Å². The van der Waals surface area contributed by atoms with Crippen LogP contribution in [0.5, 0.6) is 0 Å². The number of carbonyl (C=O) groups excluding carboxylic acids is 2. The lowest BCUT2D eigenvalue weighted by Gasteiger charge is -2.18. The van der Waals surface area contributed by atoms with E-state index in [0.29, 0.717) is 17.1 Å². The van der Waals surface area contributed by atoms with Gasteiger partial charge in [0.25, 0.3) is 5.91 Å². The molecule has 2 N–H and O–H groups in total. The van der Waals surface area contributed by atoms with Gasteiger partial charge in [0, 0.05) is 17.1 Å². The first kappa shape index (κ1) is 18.7. The average Bonchev–Trinajstić information content (AvgIpc) is 3.20. The van der Waals surface area contributed by atoms with E-state index in [-0.39, 0.29) is 11.7 Å². The second-order valence-corrected chi connectivity index (χ2v) is 6.55. The fourth-order valence-corrected chi connectivity index (χ4v) is 2.78. The Hall–Kier alpha value is -3.05. The number of hydrogen-bond acceptors (Lipinski definition) is 3. The Kier molecular flexibility index (Phi) is 5.94. The van der Waals surface area contributed by atoms with Crippen LogP contribution >= 0.6 is 11.6 Å². The normalized spacial score (nSPS) is 11.6. The third-order valence-electron chi connectivity index (χ3n) is 4.09. The van der Waals surface area contributed by atoms with Crippen LogP contribution in [0.1, 0.15) is 21.7 Å². The van der Waals surface area contributed by atoms with Crippen molar-refractivity contribution in [2.75, 3.05) is 5.32 Å². The molecule has 1 unspecified atom stereocenters. The number of halogens is 1. The molecule has 0 radical (unpaired) electrons. The molecule has 0 aliphatic rings. The lowest BCUT2D eigenvalue weighted by atomic mass is 10.0. The summed E-state index contributed by atoms with van der Waals surface area (Å²) in [5, 5.41) is 6.11. The van der Waals surface area contributed by atoms with Gasteiger partial charge < -0.3 is 15.1 Å². The second-order valence-electron chi connectivity index (χ2n) is 6.15. The van der Waals surface area contributed by atoms with Gasteiger partial charge in [0.2, 0.25) is 5.91 Å². The number of furan rings is 1. The van der Waals surface area contributed by atoms with Crippen molar-refractivity contribution in [2.24, 2.45) is 0 Å². The minimum atomic E-state index is -0.773. The van der Waals surface area contributed by atoms with Crippen LogP contribution in [0.3, 0.4) is 0 Å². The summed E-state index contributed by atoms with van der Waals surface area (Å²) >= 11 is 6.13. The first-order valence-corrected chi connectivity index (χ1v) is 8.86. The molecule has 3 rings (SSSR count). The summed E-state index contributed by atoms with van der Waals surface area (Å²) in [5.74, 6) is -0.629. The molecule has 27 heavy (non-hydrogen) atoms. The SMILES string of the molecule is Cc1ccc(NC(=O)C(Cc2ccccc2)NC(=O)c2ccco2)cc1Cl. The number of anilines is 1. The maximum Gasteiger partial charge on any atom is 0.287 e. The zero-order chi connectivity index (χ0) is 19.2. The Balaban J connectivity index is 1.77. The number of carbonyl (C=O) groups is 2. The molecular weight excluding hydrogens is 364 g/mol. The van der Waals surface area contributed by atoms with E-state index in [4.69, 9.17) is 16.0 Å². The molecule has 1 atom stereocenters. The first-order chi connectivity index (χ1) is 13.0. The molecule has 2 amide bonds. The highest BCUT2D eigenvalue weighted by molar-refractivity contribution is 6.31. The predicted octanol–water partition coefficient (Wildman–Crippen LogP) is 4.22. The van der Waals surface area contributed by atoms with Gasteiger partial charge in [-0.05, 0) is 42.3 Å². The van der Waals surface area contributed by atoms with Crippen LogP contribution in [0.4, 0.5) is 5.69 Å². The van der Waals surface area contributed by atoms with Gasteiger partial charge >= 0.3 is 0 Å². The van der Waals surface area contributed by atoms with Crippen molar-refractivity contribution < 1.29 is 14.0 Å². The number of amides is 2. The van der Waals surface area contributed by atoms with Gasteiger partial charge in [-0.2, -0.15) is 0 Å². The molecule has 1 aromatic heterocycles. The monoisotopic (exact) mass is 382 g/mol. The van der Waals surface area contributed by atoms with Gasteiger partial charge in [-0.15, -0.1) is 0 Å². The quantitative estimate of drug-likeness (QED) is 0.670. The van der Waals surface area contributed by atoms with Crippen molar-refractivity contribution in [1.29, 1.82) is 0 Å². The van der Waals surface area contributed by atoms with Crippen LogP contribution in [0.25, 0.3) is 0 Å². The molecule has 0 saturated heterocycles. The molecule has 1 heterocycles. The van der Waals surface area contributed by atoms with Gasteiger partial charge in [0.05, 0.1) is 6.26 Å². The number of rotatable bonds is 6. The Morgan fingerprint density at radius 2 is 1.85 bits per heavy atom. The summed E-state index contributed by atoms with van der Waals surface area (Å²) in [6, 6.07) is 17.2. The summed E-state index contributed by atoms with van der Waals surface area (Å²) in [7, 11) is 0. The minimum Gasteiger partial charge on any atom is -0.459 e. The van der Waals surface area contributed by atoms with Crippen LogP contribution in [0.2, 0.25) is 5.02 Å². The summed E-state index contributed by atoms with van der Waals surface area (Å²) in [5.41, 5.74) is 2.42.